The number of hydrogen-bond donors (Lipinski definition) is 2. The number of aliphatic imine (C=N–C) groups is 1. The zero-order valence-electron chi connectivity index (χ0n) is 20.7. The smallest absolute Gasteiger partial charge is 0.321 e. The van der Waals surface area contributed by atoms with Crippen LogP contribution in [0.2, 0.25) is 0 Å². The SMILES string of the molecule is C=C/C(=C\C(=NC)NC(=O)Cc1ccc(-c2cnc(Nc3cnn(C)c3)nc2)c(F)c1)C1(C(F)(F)F)CC1. The summed E-state index contributed by atoms with van der Waals surface area (Å²) in [6.07, 6.45) is 3.91. The third-order valence-corrected chi connectivity index (χ3v) is 6.19. The molecule has 0 saturated heterocycles. The van der Waals surface area contributed by atoms with Crippen LogP contribution in [0.4, 0.5) is 29.2 Å². The molecular weight excluding hydrogens is 502 g/mol. The lowest BCUT2D eigenvalue weighted by atomic mass is 9.94. The Bertz CT molecular complexity index is 1400. The van der Waals surface area contributed by atoms with E-state index in [2.05, 4.69) is 37.3 Å². The number of anilines is 2. The number of rotatable bonds is 8. The Morgan fingerprint density at radius 1 is 1.24 bits per heavy atom. The molecule has 0 unspecified atom stereocenters. The number of aromatic nitrogens is 4. The number of allylic oxidation sites excluding steroid dienone is 2. The van der Waals surface area contributed by atoms with E-state index in [-0.39, 0.29) is 36.2 Å². The maximum Gasteiger partial charge on any atom is 0.398 e. The summed E-state index contributed by atoms with van der Waals surface area (Å²) in [6, 6.07) is 4.30. The van der Waals surface area contributed by atoms with Gasteiger partial charge in [-0.3, -0.25) is 14.5 Å². The van der Waals surface area contributed by atoms with Crippen LogP contribution in [-0.2, 0) is 18.3 Å². The number of aryl methyl sites for hydroxylation is 1. The molecule has 2 heterocycles. The molecule has 38 heavy (non-hydrogen) atoms. The van der Waals surface area contributed by atoms with Crippen LogP contribution in [0.1, 0.15) is 18.4 Å². The van der Waals surface area contributed by atoms with Crippen LogP contribution in [0.15, 0.2) is 72.3 Å². The second-order valence-electron chi connectivity index (χ2n) is 8.85. The van der Waals surface area contributed by atoms with Crippen LogP contribution in [-0.4, -0.2) is 44.7 Å². The lowest BCUT2D eigenvalue weighted by Crippen LogP contribution is -2.32. The number of carbonyl (C=O) groups excluding carboxylic acids is 1. The van der Waals surface area contributed by atoms with Crippen LogP contribution in [0.25, 0.3) is 11.1 Å². The van der Waals surface area contributed by atoms with Gasteiger partial charge in [0.05, 0.1) is 23.7 Å². The fourth-order valence-electron chi connectivity index (χ4n) is 3.98. The minimum absolute atomic E-state index is 0.0327. The second kappa shape index (κ2) is 10.6. The highest BCUT2D eigenvalue weighted by Crippen LogP contribution is 2.62. The molecule has 0 spiro atoms. The van der Waals surface area contributed by atoms with E-state index in [1.54, 1.807) is 30.2 Å². The van der Waals surface area contributed by atoms with Crippen LogP contribution >= 0.6 is 0 Å². The maximum atomic E-state index is 14.9. The summed E-state index contributed by atoms with van der Waals surface area (Å²) in [7, 11) is 3.13. The Balaban J connectivity index is 1.41. The van der Waals surface area contributed by atoms with Gasteiger partial charge in [-0.15, -0.1) is 0 Å². The molecule has 1 saturated carbocycles. The highest BCUT2D eigenvalue weighted by atomic mass is 19.4. The summed E-state index contributed by atoms with van der Waals surface area (Å²) in [5, 5.41) is 9.52. The van der Waals surface area contributed by atoms with E-state index >= 15 is 0 Å². The molecular formula is C26H25F4N7O. The van der Waals surface area contributed by atoms with E-state index in [4.69, 9.17) is 0 Å². The quantitative estimate of drug-likeness (QED) is 0.188. The van der Waals surface area contributed by atoms with Crippen molar-refractivity contribution in [3.05, 3.63) is 78.7 Å². The summed E-state index contributed by atoms with van der Waals surface area (Å²) < 4.78 is 56.9. The molecule has 198 valence electrons. The molecule has 1 amide bonds. The molecule has 0 aliphatic heterocycles. The van der Waals surface area contributed by atoms with E-state index in [1.807, 2.05) is 0 Å². The van der Waals surface area contributed by atoms with E-state index in [1.165, 1.54) is 37.7 Å². The molecule has 3 aromatic rings. The van der Waals surface area contributed by atoms with Gasteiger partial charge >= 0.3 is 6.18 Å². The maximum absolute atomic E-state index is 14.9. The van der Waals surface area contributed by atoms with E-state index in [0.717, 1.165) is 6.08 Å². The van der Waals surface area contributed by atoms with Crippen molar-refractivity contribution in [2.75, 3.05) is 12.4 Å². The molecule has 1 aliphatic carbocycles. The van der Waals surface area contributed by atoms with Crippen molar-refractivity contribution in [2.24, 2.45) is 17.5 Å². The van der Waals surface area contributed by atoms with E-state index < -0.39 is 23.3 Å². The first-order valence-corrected chi connectivity index (χ1v) is 11.6. The number of benzene rings is 1. The van der Waals surface area contributed by atoms with Gasteiger partial charge in [-0.05, 0) is 36.1 Å². The number of hydrogen-bond acceptors (Lipinski definition) is 6. The van der Waals surface area contributed by atoms with Crippen LogP contribution in [0, 0.1) is 11.2 Å². The predicted molar refractivity (Wildman–Crippen MR) is 135 cm³/mol. The fourth-order valence-corrected chi connectivity index (χ4v) is 3.98. The Morgan fingerprint density at radius 3 is 2.47 bits per heavy atom. The van der Waals surface area contributed by atoms with Crippen molar-refractivity contribution in [1.29, 1.82) is 0 Å². The van der Waals surface area contributed by atoms with Crippen LogP contribution in [0.3, 0.4) is 0 Å². The number of alkyl halides is 3. The Kier molecular flexibility index (Phi) is 7.42. The van der Waals surface area contributed by atoms with Crippen molar-refractivity contribution < 1.29 is 22.4 Å². The van der Waals surface area contributed by atoms with E-state index in [0.29, 0.717) is 22.8 Å². The Morgan fingerprint density at radius 2 is 1.95 bits per heavy atom. The number of amides is 1. The second-order valence-corrected chi connectivity index (χ2v) is 8.85. The lowest BCUT2D eigenvalue weighted by Gasteiger charge is -2.20. The third-order valence-electron chi connectivity index (χ3n) is 6.19. The minimum Gasteiger partial charge on any atom is -0.321 e. The van der Waals surface area contributed by atoms with Crippen molar-refractivity contribution in [1.82, 2.24) is 25.1 Å². The Hall–Kier alpha value is -4.35. The normalized spacial score (nSPS) is 15.2. The number of amidine groups is 1. The van der Waals surface area contributed by atoms with Crippen LogP contribution in [0.5, 0.6) is 0 Å². The minimum atomic E-state index is -4.42. The molecule has 2 aromatic heterocycles. The average molecular weight is 528 g/mol. The van der Waals surface area contributed by atoms with Gasteiger partial charge in [0, 0.05) is 43.8 Å². The first kappa shape index (κ1) is 26.7. The summed E-state index contributed by atoms with van der Waals surface area (Å²) in [5.41, 5.74) is -0.240. The average Bonchev–Trinajstić information content (AvgIpc) is 3.59. The highest BCUT2D eigenvalue weighted by molar-refractivity contribution is 6.05. The van der Waals surface area contributed by atoms with Gasteiger partial charge < -0.3 is 10.6 Å². The summed E-state index contributed by atoms with van der Waals surface area (Å²) in [4.78, 5) is 24.8. The zero-order chi connectivity index (χ0) is 27.5. The monoisotopic (exact) mass is 527 g/mol. The fraction of sp³-hybridized carbons (Fsp3) is 0.269. The first-order chi connectivity index (χ1) is 18.0. The highest BCUT2D eigenvalue weighted by Gasteiger charge is 2.64. The summed E-state index contributed by atoms with van der Waals surface area (Å²) in [5.74, 6) is -0.843. The molecule has 8 nitrogen and oxygen atoms in total. The van der Waals surface area contributed by atoms with Gasteiger partial charge in [0.15, 0.2) is 0 Å². The summed E-state index contributed by atoms with van der Waals surface area (Å²) >= 11 is 0. The molecule has 0 radical (unpaired) electrons. The first-order valence-electron chi connectivity index (χ1n) is 11.6. The molecule has 1 fully saturated rings. The number of nitrogens with zero attached hydrogens (tertiary/aromatic N) is 5. The predicted octanol–water partition coefficient (Wildman–Crippen LogP) is 4.90. The molecule has 1 aliphatic rings. The van der Waals surface area contributed by atoms with E-state index in [9.17, 15) is 22.4 Å². The van der Waals surface area contributed by atoms with Gasteiger partial charge in [0.25, 0.3) is 0 Å². The van der Waals surface area contributed by atoms with Gasteiger partial charge in [0.1, 0.15) is 11.7 Å². The molecule has 2 N–H and O–H groups in total. The number of halogens is 4. The van der Waals surface area contributed by atoms with Crippen molar-refractivity contribution in [2.45, 2.75) is 25.4 Å². The van der Waals surface area contributed by atoms with Gasteiger partial charge in [-0.1, -0.05) is 24.8 Å². The zero-order valence-corrected chi connectivity index (χ0v) is 20.7. The van der Waals surface area contributed by atoms with Gasteiger partial charge in [0.2, 0.25) is 11.9 Å². The molecule has 0 bridgehead atoms. The van der Waals surface area contributed by atoms with Gasteiger partial charge in [-0.25, -0.2) is 14.4 Å². The topological polar surface area (TPSA) is 97.1 Å². The molecule has 4 rings (SSSR count). The third kappa shape index (κ3) is 5.79. The molecule has 0 atom stereocenters. The van der Waals surface area contributed by atoms with Gasteiger partial charge in [-0.2, -0.15) is 18.3 Å². The van der Waals surface area contributed by atoms with Crippen molar-refractivity contribution in [3.8, 4) is 11.1 Å². The standard InChI is InChI=1S/C26H25F4N7O/c1-4-18(25(7-8-25)26(28,29)30)11-22(31-2)36-23(38)10-16-5-6-20(21(27)9-16)17-12-32-24(33-13-17)35-19-14-34-37(3)15-19/h4-6,9,11-15H,1,7-8,10H2,2-3H3,(H,31,36,38)(H,32,33,35)/b18-11+. The largest absolute Gasteiger partial charge is 0.398 e. The number of carbonyl (C=O) groups is 1. The van der Waals surface area contributed by atoms with Crippen LogP contribution < -0.4 is 10.6 Å². The molecule has 12 heteroatoms. The molecule has 1 aromatic carbocycles. The lowest BCUT2D eigenvalue weighted by molar-refractivity contribution is -0.174. The summed E-state index contributed by atoms with van der Waals surface area (Å²) in [6.45, 7) is 3.49. The van der Waals surface area contributed by atoms with Crippen molar-refractivity contribution in [3.63, 3.8) is 0 Å². The Labute approximate surface area is 216 Å². The van der Waals surface area contributed by atoms with Crippen molar-refractivity contribution >= 4 is 23.4 Å². The number of nitrogens with one attached hydrogen (secondary N) is 2.